The maximum atomic E-state index is 12.8. The second kappa shape index (κ2) is 6.04. The fourth-order valence-electron chi connectivity index (χ4n) is 2.82. The Bertz CT molecular complexity index is 427. The number of hydrogen-bond acceptors (Lipinski definition) is 4. The molecule has 0 radical (unpaired) electrons. The lowest BCUT2D eigenvalue weighted by Gasteiger charge is -2.41. The molecule has 21 heavy (non-hydrogen) atoms. The van der Waals surface area contributed by atoms with Gasteiger partial charge in [0.25, 0.3) is 0 Å². The number of morpholine rings is 1. The van der Waals surface area contributed by atoms with Crippen LogP contribution >= 0.6 is 11.8 Å². The first-order valence-corrected chi connectivity index (χ1v) is 8.33. The molecule has 2 rings (SSSR count). The average Bonchev–Trinajstić information content (AvgIpc) is 2.81. The van der Waals surface area contributed by atoms with Crippen LogP contribution in [0.25, 0.3) is 0 Å². The van der Waals surface area contributed by atoms with Gasteiger partial charge in [-0.3, -0.25) is 4.90 Å². The summed E-state index contributed by atoms with van der Waals surface area (Å²) < 4.78 is 5.62. The number of carbonyl (C=O) groups is 2. The summed E-state index contributed by atoms with van der Waals surface area (Å²) in [6, 6.07) is -0.914. The van der Waals surface area contributed by atoms with Gasteiger partial charge >= 0.3 is 12.0 Å². The Kier molecular flexibility index (Phi) is 4.72. The van der Waals surface area contributed by atoms with Gasteiger partial charge in [0.2, 0.25) is 0 Å². The maximum Gasteiger partial charge on any atom is 0.327 e. The molecule has 2 aliphatic rings. The van der Waals surface area contributed by atoms with E-state index in [1.165, 1.54) is 0 Å². The average molecular weight is 316 g/mol. The summed E-state index contributed by atoms with van der Waals surface area (Å²) in [6.07, 6.45) is 0. The molecule has 2 atom stereocenters. The molecule has 7 heteroatoms. The van der Waals surface area contributed by atoms with E-state index >= 15 is 0 Å². The molecule has 0 bridgehead atoms. The predicted molar refractivity (Wildman–Crippen MR) is 81.3 cm³/mol. The van der Waals surface area contributed by atoms with Crippen molar-refractivity contribution in [1.82, 2.24) is 9.80 Å². The van der Waals surface area contributed by atoms with Crippen molar-refractivity contribution in [2.75, 3.05) is 25.4 Å². The normalized spacial score (nSPS) is 29.0. The van der Waals surface area contributed by atoms with E-state index in [-0.39, 0.29) is 22.9 Å². The monoisotopic (exact) mass is 316 g/mol. The van der Waals surface area contributed by atoms with E-state index in [1.807, 2.05) is 27.7 Å². The first-order chi connectivity index (χ1) is 9.73. The number of thioether (sulfide) groups is 1. The van der Waals surface area contributed by atoms with Gasteiger partial charge in [0.15, 0.2) is 0 Å². The number of aliphatic carboxylic acids is 1. The minimum atomic E-state index is -0.925. The number of nitrogens with zero attached hydrogens (tertiary/aromatic N) is 2. The summed E-state index contributed by atoms with van der Waals surface area (Å²) in [5.41, 5.74) is -0.382. The van der Waals surface area contributed by atoms with Crippen LogP contribution in [0.4, 0.5) is 4.79 Å². The molecule has 0 saturated carbocycles. The van der Waals surface area contributed by atoms with Gasteiger partial charge in [-0.2, -0.15) is 0 Å². The molecule has 0 spiro atoms. The van der Waals surface area contributed by atoms with E-state index in [0.717, 1.165) is 0 Å². The number of carboxylic acid groups (broad SMARTS) is 1. The number of amides is 2. The van der Waals surface area contributed by atoms with Crippen LogP contribution in [-0.2, 0) is 9.53 Å². The molecular weight excluding hydrogens is 292 g/mol. The summed E-state index contributed by atoms with van der Waals surface area (Å²) in [7, 11) is 0. The first kappa shape index (κ1) is 16.4. The van der Waals surface area contributed by atoms with Gasteiger partial charge in [-0.05, 0) is 19.8 Å². The third kappa shape index (κ3) is 3.45. The fraction of sp³-hybridized carbons (Fsp3) is 0.857. The van der Waals surface area contributed by atoms with E-state index in [9.17, 15) is 14.7 Å². The summed E-state index contributed by atoms with van der Waals surface area (Å²) in [5.74, 6) is -0.249. The van der Waals surface area contributed by atoms with E-state index in [0.29, 0.717) is 25.4 Å². The topological polar surface area (TPSA) is 70.1 Å². The zero-order chi connectivity index (χ0) is 15.8. The lowest BCUT2D eigenvalue weighted by molar-refractivity contribution is -0.141. The Morgan fingerprint density at radius 2 is 2.05 bits per heavy atom. The quantitative estimate of drug-likeness (QED) is 0.840. The summed E-state index contributed by atoms with van der Waals surface area (Å²) >= 11 is 1.55. The smallest absolute Gasteiger partial charge is 0.327 e. The standard InChI is InChI=1S/C14H24N2O4S/c1-9(2)11-16(10(7-21-11)12(17)18)13(19)15-5-6-20-14(3,4)8-15/h9-11H,5-8H2,1-4H3,(H,17,18). The lowest BCUT2D eigenvalue weighted by Crippen LogP contribution is -2.58. The molecule has 2 aliphatic heterocycles. The van der Waals surface area contributed by atoms with Crippen LogP contribution in [0.2, 0.25) is 0 Å². The van der Waals surface area contributed by atoms with Crippen LogP contribution < -0.4 is 0 Å². The van der Waals surface area contributed by atoms with Crippen molar-refractivity contribution < 1.29 is 19.4 Å². The van der Waals surface area contributed by atoms with Gasteiger partial charge in [-0.25, -0.2) is 9.59 Å². The van der Waals surface area contributed by atoms with Crippen LogP contribution in [0, 0.1) is 5.92 Å². The molecule has 1 N–H and O–H groups in total. The predicted octanol–water partition coefficient (Wildman–Crippen LogP) is 1.70. The summed E-state index contributed by atoms with van der Waals surface area (Å²) in [4.78, 5) is 27.6. The third-order valence-electron chi connectivity index (χ3n) is 3.81. The van der Waals surface area contributed by atoms with E-state index in [1.54, 1.807) is 21.6 Å². The molecule has 0 aromatic rings. The highest BCUT2D eigenvalue weighted by molar-refractivity contribution is 8.00. The van der Waals surface area contributed by atoms with Crippen molar-refractivity contribution in [3.63, 3.8) is 0 Å². The summed E-state index contributed by atoms with van der Waals surface area (Å²) in [6.45, 7) is 9.42. The highest BCUT2D eigenvalue weighted by Gasteiger charge is 2.45. The van der Waals surface area contributed by atoms with Gasteiger partial charge in [0.1, 0.15) is 6.04 Å². The maximum absolute atomic E-state index is 12.8. The Morgan fingerprint density at radius 3 is 2.57 bits per heavy atom. The van der Waals surface area contributed by atoms with E-state index in [2.05, 4.69) is 0 Å². The van der Waals surface area contributed by atoms with Crippen molar-refractivity contribution in [1.29, 1.82) is 0 Å². The molecule has 0 aliphatic carbocycles. The van der Waals surface area contributed by atoms with Gasteiger partial charge in [-0.15, -0.1) is 11.8 Å². The zero-order valence-electron chi connectivity index (χ0n) is 13.0. The van der Waals surface area contributed by atoms with Gasteiger partial charge in [-0.1, -0.05) is 13.8 Å². The fourth-order valence-corrected chi connectivity index (χ4v) is 4.28. The molecule has 0 aromatic carbocycles. The van der Waals surface area contributed by atoms with Crippen LogP contribution in [0.15, 0.2) is 0 Å². The molecule has 2 amide bonds. The first-order valence-electron chi connectivity index (χ1n) is 7.28. The number of carboxylic acids is 1. The van der Waals surface area contributed by atoms with Crippen LogP contribution in [0.5, 0.6) is 0 Å². The van der Waals surface area contributed by atoms with Crippen LogP contribution in [0.3, 0.4) is 0 Å². The summed E-state index contributed by atoms with van der Waals surface area (Å²) in [5, 5.41) is 9.30. The number of ether oxygens (including phenoxy) is 1. The number of hydrogen-bond donors (Lipinski definition) is 1. The van der Waals surface area contributed by atoms with Crippen molar-refractivity contribution in [3.8, 4) is 0 Å². The van der Waals surface area contributed by atoms with Crippen molar-refractivity contribution in [2.24, 2.45) is 5.92 Å². The zero-order valence-corrected chi connectivity index (χ0v) is 13.9. The van der Waals surface area contributed by atoms with Gasteiger partial charge < -0.3 is 14.7 Å². The van der Waals surface area contributed by atoms with Crippen molar-refractivity contribution in [3.05, 3.63) is 0 Å². The lowest BCUT2D eigenvalue weighted by atomic mass is 10.1. The van der Waals surface area contributed by atoms with Gasteiger partial charge in [0, 0.05) is 12.3 Å². The number of urea groups is 1. The molecular formula is C14H24N2O4S. The minimum absolute atomic E-state index is 0.0791. The second-order valence-corrected chi connectivity index (χ2v) is 7.69. The molecule has 6 nitrogen and oxygen atoms in total. The van der Waals surface area contributed by atoms with Crippen molar-refractivity contribution in [2.45, 2.75) is 44.7 Å². The second-order valence-electron chi connectivity index (χ2n) is 6.54. The Balaban J connectivity index is 2.18. The van der Waals surface area contributed by atoms with E-state index < -0.39 is 12.0 Å². The SMILES string of the molecule is CC(C)C1SCC(C(=O)O)N1C(=O)N1CCOC(C)(C)C1. The molecule has 2 fully saturated rings. The molecule has 2 saturated heterocycles. The molecule has 2 heterocycles. The van der Waals surface area contributed by atoms with Gasteiger partial charge in [0.05, 0.1) is 24.1 Å². The third-order valence-corrected chi connectivity index (χ3v) is 5.43. The number of rotatable bonds is 2. The molecule has 2 unspecified atom stereocenters. The Morgan fingerprint density at radius 1 is 1.38 bits per heavy atom. The molecule has 0 aromatic heterocycles. The van der Waals surface area contributed by atoms with Crippen molar-refractivity contribution >= 4 is 23.8 Å². The Hall–Kier alpha value is -0.950. The Labute approximate surface area is 129 Å². The minimum Gasteiger partial charge on any atom is -0.480 e. The largest absolute Gasteiger partial charge is 0.480 e. The molecule has 120 valence electrons. The van der Waals surface area contributed by atoms with E-state index in [4.69, 9.17) is 4.74 Å². The van der Waals surface area contributed by atoms with Crippen LogP contribution in [0.1, 0.15) is 27.7 Å². The van der Waals surface area contributed by atoms with Crippen LogP contribution in [-0.4, -0.2) is 69.4 Å². The highest BCUT2D eigenvalue weighted by atomic mass is 32.2. The highest BCUT2D eigenvalue weighted by Crippen LogP contribution is 2.35. The number of carbonyl (C=O) groups excluding carboxylic acids is 1.